The van der Waals surface area contributed by atoms with Crippen molar-refractivity contribution < 1.29 is 28.6 Å². The van der Waals surface area contributed by atoms with Gasteiger partial charge in [0.25, 0.3) is 0 Å². The average Bonchev–Trinajstić information content (AvgIpc) is 3.27. The molecule has 0 aromatic carbocycles. The lowest BCUT2D eigenvalue weighted by Gasteiger charge is -2.18. The van der Waals surface area contributed by atoms with Crippen LogP contribution >= 0.6 is 0 Å². The Morgan fingerprint density at radius 1 is 0.323 bits per heavy atom. The number of carbonyl (C=O) groups is 3. The Kier molecular flexibility index (Phi) is 48.4. The number of unbranched alkanes of at least 4 members (excludes halogenated alkanes) is 26. The van der Waals surface area contributed by atoms with E-state index in [9.17, 15) is 14.4 Å². The maximum absolute atomic E-state index is 12.8. The van der Waals surface area contributed by atoms with Crippen LogP contribution in [-0.2, 0) is 28.6 Å². The Morgan fingerprint density at radius 3 is 1.02 bits per heavy atom. The van der Waals surface area contributed by atoms with E-state index in [0.717, 1.165) is 77.0 Å². The Bertz CT molecular complexity index is 1130. The van der Waals surface area contributed by atoms with Crippen molar-refractivity contribution in [2.75, 3.05) is 13.2 Å². The highest BCUT2D eigenvalue weighted by atomic mass is 16.6. The minimum Gasteiger partial charge on any atom is -0.462 e. The molecule has 0 spiro atoms. The molecule has 0 aliphatic carbocycles. The van der Waals surface area contributed by atoms with E-state index in [4.69, 9.17) is 14.2 Å². The molecular weight excluding hydrogens is 769 g/mol. The van der Waals surface area contributed by atoms with Crippen LogP contribution < -0.4 is 0 Å². The minimum atomic E-state index is -0.797. The third kappa shape index (κ3) is 48.1. The van der Waals surface area contributed by atoms with Crippen molar-refractivity contribution in [1.82, 2.24) is 0 Å². The van der Waals surface area contributed by atoms with Crippen molar-refractivity contribution in [3.05, 3.63) is 60.8 Å². The predicted molar refractivity (Wildman–Crippen MR) is 265 cm³/mol. The molecule has 0 N–H and O–H groups in total. The predicted octanol–water partition coefficient (Wildman–Crippen LogP) is 17.3. The Labute approximate surface area is 383 Å². The molecule has 1 unspecified atom stereocenters. The lowest BCUT2D eigenvalue weighted by atomic mass is 10.1. The third-order valence-corrected chi connectivity index (χ3v) is 11.2. The Balaban J connectivity index is 4.45. The summed E-state index contributed by atoms with van der Waals surface area (Å²) < 4.78 is 16.7. The molecule has 0 aliphatic heterocycles. The summed E-state index contributed by atoms with van der Waals surface area (Å²) in [5.41, 5.74) is 0. The third-order valence-electron chi connectivity index (χ3n) is 11.2. The second-order valence-electron chi connectivity index (χ2n) is 17.4. The van der Waals surface area contributed by atoms with Crippen molar-refractivity contribution in [3.63, 3.8) is 0 Å². The second-order valence-corrected chi connectivity index (χ2v) is 17.4. The van der Waals surface area contributed by atoms with Gasteiger partial charge in [0.15, 0.2) is 6.10 Å². The Morgan fingerprint density at radius 2 is 0.597 bits per heavy atom. The fraction of sp³-hybridized carbons (Fsp3) is 0.768. The monoisotopic (exact) mass is 867 g/mol. The average molecular weight is 867 g/mol. The summed E-state index contributed by atoms with van der Waals surface area (Å²) in [4.78, 5) is 37.9. The normalized spacial score (nSPS) is 12.5. The van der Waals surface area contributed by atoms with Crippen molar-refractivity contribution in [2.24, 2.45) is 0 Å². The van der Waals surface area contributed by atoms with Crippen LogP contribution in [0.5, 0.6) is 0 Å². The highest BCUT2D eigenvalue weighted by Gasteiger charge is 2.19. The first-order valence-corrected chi connectivity index (χ1v) is 26.3. The fourth-order valence-corrected chi connectivity index (χ4v) is 7.25. The van der Waals surface area contributed by atoms with Crippen molar-refractivity contribution in [1.29, 1.82) is 0 Å². The first-order valence-electron chi connectivity index (χ1n) is 26.3. The number of ether oxygens (including phenoxy) is 3. The summed E-state index contributed by atoms with van der Waals surface area (Å²) in [7, 11) is 0. The molecule has 0 saturated heterocycles. The van der Waals surface area contributed by atoms with Gasteiger partial charge in [0, 0.05) is 19.3 Å². The molecule has 0 saturated carbocycles. The maximum Gasteiger partial charge on any atom is 0.306 e. The quantitative estimate of drug-likeness (QED) is 0.0262. The molecule has 0 fully saturated rings. The maximum atomic E-state index is 12.8. The molecule has 0 aromatic rings. The molecule has 6 heteroatoms. The molecule has 358 valence electrons. The lowest BCUT2D eigenvalue weighted by Crippen LogP contribution is -2.30. The largest absolute Gasteiger partial charge is 0.462 e. The van der Waals surface area contributed by atoms with Gasteiger partial charge in [-0.3, -0.25) is 14.4 Å². The van der Waals surface area contributed by atoms with E-state index in [1.165, 1.54) is 135 Å². The van der Waals surface area contributed by atoms with Crippen LogP contribution in [0.2, 0.25) is 0 Å². The SMILES string of the molecule is CCCCC/C=C\C/C=C\C/C=C\C/C=C\CCCC(=O)OCC(COC(=O)CCCCCCCCCCCCC)OC(=O)CCCCCCC/C=C\CCCCCCCCC. The first-order chi connectivity index (χ1) is 30.5. The van der Waals surface area contributed by atoms with Gasteiger partial charge in [0.05, 0.1) is 0 Å². The highest BCUT2D eigenvalue weighted by molar-refractivity contribution is 5.71. The molecule has 6 nitrogen and oxygen atoms in total. The molecular formula is C56H98O6. The van der Waals surface area contributed by atoms with E-state index >= 15 is 0 Å². The van der Waals surface area contributed by atoms with E-state index in [2.05, 4.69) is 81.5 Å². The van der Waals surface area contributed by atoms with Crippen LogP contribution in [-0.4, -0.2) is 37.2 Å². The van der Waals surface area contributed by atoms with E-state index in [1.54, 1.807) is 0 Å². The fourth-order valence-electron chi connectivity index (χ4n) is 7.25. The van der Waals surface area contributed by atoms with Gasteiger partial charge in [-0.1, -0.05) is 216 Å². The Hall–Kier alpha value is -2.89. The molecule has 0 heterocycles. The van der Waals surface area contributed by atoms with Gasteiger partial charge in [-0.2, -0.15) is 0 Å². The van der Waals surface area contributed by atoms with Gasteiger partial charge < -0.3 is 14.2 Å². The van der Waals surface area contributed by atoms with Crippen LogP contribution in [0.4, 0.5) is 0 Å². The molecule has 1 atom stereocenters. The smallest absolute Gasteiger partial charge is 0.306 e. The summed E-state index contributed by atoms with van der Waals surface area (Å²) in [5, 5.41) is 0. The van der Waals surface area contributed by atoms with Gasteiger partial charge in [-0.25, -0.2) is 0 Å². The van der Waals surface area contributed by atoms with E-state index in [1.807, 2.05) is 0 Å². The number of allylic oxidation sites excluding steroid dienone is 10. The number of hydrogen-bond donors (Lipinski definition) is 0. The summed E-state index contributed by atoms with van der Waals surface area (Å²) in [6.07, 6.45) is 62.1. The molecule has 0 rings (SSSR count). The lowest BCUT2D eigenvalue weighted by molar-refractivity contribution is -0.167. The first kappa shape index (κ1) is 59.1. The number of rotatable bonds is 47. The molecule has 62 heavy (non-hydrogen) atoms. The molecule has 0 radical (unpaired) electrons. The van der Waals surface area contributed by atoms with Gasteiger partial charge >= 0.3 is 17.9 Å². The number of hydrogen-bond acceptors (Lipinski definition) is 6. The molecule has 0 aliphatic rings. The highest BCUT2D eigenvalue weighted by Crippen LogP contribution is 2.14. The zero-order valence-electron chi connectivity index (χ0n) is 40.9. The number of carbonyl (C=O) groups excluding carboxylic acids is 3. The zero-order valence-corrected chi connectivity index (χ0v) is 40.9. The van der Waals surface area contributed by atoms with Gasteiger partial charge in [0.2, 0.25) is 0 Å². The van der Waals surface area contributed by atoms with Crippen molar-refractivity contribution >= 4 is 17.9 Å². The van der Waals surface area contributed by atoms with Gasteiger partial charge in [0.1, 0.15) is 13.2 Å². The van der Waals surface area contributed by atoms with Gasteiger partial charge in [-0.05, 0) is 83.5 Å². The summed E-state index contributed by atoms with van der Waals surface area (Å²) >= 11 is 0. The molecule has 0 bridgehead atoms. The molecule has 0 aromatic heterocycles. The summed E-state index contributed by atoms with van der Waals surface area (Å²) in [5.74, 6) is -0.955. The van der Waals surface area contributed by atoms with E-state index < -0.39 is 6.10 Å². The standard InChI is InChI=1S/C56H98O6/c1-4-7-10-13-16-19-22-24-26-28-30-31-34-37-40-43-46-49-55(58)61-52-53(51-60-54(57)48-45-42-39-36-33-21-18-15-12-9-6-3)62-56(59)50-47-44-41-38-35-32-29-27-25-23-20-17-14-11-8-5-2/h16,19,24,26-27,29-31,37,40,53H,4-15,17-18,20-23,25,28,32-36,38-39,41-52H2,1-3H3/b19-16-,26-24-,29-27-,31-30-,40-37-. The van der Waals surface area contributed by atoms with Crippen molar-refractivity contribution in [2.45, 2.75) is 264 Å². The van der Waals surface area contributed by atoms with Crippen molar-refractivity contribution in [3.8, 4) is 0 Å². The van der Waals surface area contributed by atoms with Crippen LogP contribution in [0, 0.1) is 0 Å². The molecule has 0 amide bonds. The van der Waals surface area contributed by atoms with Crippen LogP contribution in [0.15, 0.2) is 60.8 Å². The van der Waals surface area contributed by atoms with Crippen LogP contribution in [0.3, 0.4) is 0 Å². The topological polar surface area (TPSA) is 78.9 Å². The van der Waals surface area contributed by atoms with Crippen LogP contribution in [0.1, 0.15) is 258 Å². The second kappa shape index (κ2) is 50.8. The zero-order chi connectivity index (χ0) is 45.1. The number of esters is 3. The summed E-state index contributed by atoms with van der Waals surface area (Å²) in [6.45, 7) is 6.55. The van der Waals surface area contributed by atoms with E-state index in [0.29, 0.717) is 19.3 Å². The van der Waals surface area contributed by atoms with Crippen LogP contribution in [0.25, 0.3) is 0 Å². The van der Waals surface area contributed by atoms with E-state index in [-0.39, 0.29) is 37.5 Å². The summed E-state index contributed by atoms with van der Waals surface area (Å²) in [6, 6.07) is 0. The minimum absolute atomic E-state index is 0.0927. The van der Waals surface area contributed by atoms with Gasteiger partial charge in [-0.15, -0.1) is 0 Å².